The molecule has 1 aliphatic rings. The normalized spacial score (nSPS) is 19.9. The maximum Gasteiger partial charge on any atom is 0.408 e. The molecule has 34 heavy (non-hydrogen) atoms. The first-order valence-corrected chi connectivity index (χ1v) is 12.1. The summed E-state index contributed by atoms with van der Waals surface area (Å²) in [6.07, 6.45) is 2.21. The molecule has 0 bridgehead atoms. The summed E-state index contributed by atoms with van der Waals surface area (Å²) in [5.74, 6) is -0.198. The molecule has 0 aliphatic carbocycles. The maximum absolute atomic E-state index is 13.6. The number of aromatic nitrogens is 1. The number of hydrogen-bond acceptors (Lipinski definition) is 4. The number of halogens is 1. The molecular weight excluding hydrogens is 437 g/mol. The molecule has 1 saturated heterocycles. The number of likely N-dealkylation sites (tertiary alicyclic amines) is 1. The number of benzene rings is 1. The van der Waals surface area contributed by atoms with Crippen LogP contribution in [0.2, 0.25) is 0 Å². The quantitative estimate of drug-likeness (QED) is 0.611. The number of ether oxygens (including phenoxy) is 2. The van der Waals surface area contributed by atoms with Gasteiger partial charge in [-0.3, -0.25) is 4.79 Å². The average Bonchev–Trinajstić information content (AvgIpc) is 3.34. The minimum Gasteiger partial charge on any atom is -0.444 e. The molecule has 1 aromatic carbocycles. The molecule has 7 nitrogen and oxygen atoms in total. The third kappa shape index (κ3) is 6.72. The average molecular weight is 478 g/mol. The number of nitrogens with one attached hydrogen (secondary N) is 2. The molecule has 3 unspecified atom stereocenters. The van der Waals surface area contributed by atoms with Crippen LogP contribution in [0, 0.1) is 11.7 Å². The number of H-pyrrole nitrogens is 1. The van der Waals surface area contributed by atoms with Crippen molar-refractivity contribution in [1.29, 1.82) is 0 Å². The van der Waals surface area contributed by atoms with Crippen molar-refractivity contribution in [2.45, 2.75) is 85.1 Å². The molecule has 2 heterocycles. The largest absolute Gasteiger partial charge is 0.444 e. The first kappa shape index (κ1) is 27.6. The van der Waals surface area contributed by atoms with Gasteiger partial charge in [-0.15, -0.1) is 0 Å². The Hall–Kier alpha value is -2.61. The van der Waals surface area contributed by atoms with Gasteiger partial charge in [-0.2, -0.15) is 0 Å². The van der Waals surface area contributed by atoms with E-state index in [9.17, 15) is 14.0 Å². The van der Waals surface area contributed by atoms with E-state index in [0.717, 1.165) is 22.9 Å². The second-order valence-electron chi connectivity index (χ2n) is 9.64. The molecule has 2 N–H and O–H groups in total. The summed E-state index contributed by atoms with van der Waals surface area (Å²) in [5.41, 5.74) is 1.10. The van der Waals surface area contributed by atoms with E-state index in [4.69, 9.17) is 9.47 Å². The van der Waals surface area contributed by atoms with Crippen LogP contribution >= 0.6 is 0 Å². The van der Waals surface area contributed by atoms with Crippen LogP contribution in [0.1, 0.15) is 60.5 Å². The van der Waals surface area contributed by atoms with Crippen molar-refractivity contribution in [3.8, 4) is 0 Å². The summed E-state index contributed by atoms with van der Waals surface area (Å²) in [4.78, 5) is 30.9. The highest BCUT2D eigenvalue weighted by molar-refractivity contribution is 5.87. The van der Waals surface area contributed by atoms with E-state index >= 15 is 0 Å². The van der Waals surface area contributed by atoms with E-state index in [1.807, 2.05) is 24.9 Å². The third-order valence-corrected chi connectivity index (χ3v) is 6.10. The number of hydrogen-bond donors (Lipinski definition) is 2. The standard InChI is InChI=1S/C24H34FN3O4.C2H6/c1-14-9-10-28(20(14)11-16-13-26-19-12-17(25)7-8-18(16)19)22(29)21(15(2)31-6)27-23(30)32-24(3,4)5;1-2/h7-8,12-15,20-21,26H,9-11H2,1-6H3,(H,27,30);1-2H3/t14-,15?,20?,21?;/m0./s1. The number of rotatable bonds is 6. The minimum atomic E-state index is -0.861. The van der Waals surface area contributed by atoms with Gasteiger partial charge >= 0.3 is 6.09 Å². The van der Waals surface area contributed by atoms with Gasteiger partial charge in [-0.05, 0) is 70.2 Å². The summed E-state index contributed by atoms with van der Waals surface area (Å²) in [5, 5.41) is 3.66. The van der Waals surface area contributed by atoms with Gasteiger partial charge in [0.2, 0.25) is 5.91 Å². The van der Waals surface area contributed by atoms with E-state index in [-0.39, 0.29) is 23.7 Å². The van der Waals surface area contributed by atoms with Crippen molar-refractivity contribution in [2.24, 2.45) is 5.92 Å². The number of carbonyl (C=O) groups excluding carboxylic acids is 2. The minimum absolute atomic E-state index is 0.0430. The Morgan fingerprint density at radius 1 is 1.29 bits per heavy atom. The molecule has 4 atom stereocenters. The monoisotopic (exact) mass is 477 g/mol. The fourth-order valence-electron chi connectivity index (χ4n) is 4.27. The highest BCUT2D eigenvalue weighted by Crippen LogP contribution is 2.30. The first-order valence-electron chi connectivity index (χ1n) is 12.1. The van der Waals surface area contributed by atoms with E-state index in [1.54, 1.807) is 33.8 Å². The van der Waals surface area contributed by atoms with Crippen molar-refractivity contribution in [2.75, 3.05) is 13.7 Å². The molecule has 190 valence electrons. The van der Waals surface area contributed by atoms with Crippen LogP contribution in [0.25, 0.3) is 10.9 Å². The Labute approximate surface area is 202 Å². The Morgan fingerprint density at radius 2 is 1.97 bits per heavy atom. The molecular formula is C26H40FN3O4. The van der Waals surface area contributed by atoms with E-state index in [1.165, 1.54) is 19.2 Å². The van der Waals surface area contributed by atoms with Gasteiger partial charge in [0.25, 0.3) is 0 Å². The van der Waals surface area contributed by atoms with E-state index in [0.29, 0.717) is 13.0 Å². The van der Waals surface area contributed by atoms with Crippen LogP contribution in [0.5, 0.6) is 0 Å². The van der Waals surface area contributed by atoms with Crippen LogP contribution < -0.4 is 5.32 Å². The van der Waals surface area contributed by atoms with E-state index < -0.39 is 23.8 Å². The second kappa shape index (κ2) is 11.7. The molecule has 3 rings (SSSR count). The zero-order valence-electron chi connectivity index (χ0n) is 21.7. The highest BCUT2D eigenvalue weighted by atomic mass is 19.1. The Morgan fingerprint density at radius 3 is 2.59 bits per heavy atom. The molecule has 1 fully saturated rings. The van der Waals surface area contributed by atoms with Gasteiger partial charge in [0.05, 0.1) is 6.10 Å². The van der Waals surface area contributed by atoms with Gasteiger partial charge in [0, 0.05) is 36.8 Å². The first-order chi connectivity index (χ1) is 16.0. The lowest BCUT2D eigenvalue weighted by molar-refractivity contribution is -0.137. The zero-order valence-corrected chi connectivity index (χ0v) is 21.7. The summed E-state index contributed by atoms with van der Waals surface area (Å²) in [6, 6.07) is 3.78. The second-order valence-corrected chi connectivity index (χ2v) is 9.64. The van der Waals surface area contributed by atoms with Gasteiger partial charge in [0.15, 0.2) is 0 Å². The van der Waals surface area contributed by atoms with E-state index in [2.05, 4.69) is 17.2 Å². The lowest BCUT2D eigenvalue weighted by Crippen LogP contribution is -2.56. The summed E-state index contributed by atoms with van der Waals surface area (Å²) >= 11 is 0. The smallest absolute Gasteiger partial charge is 0.408 e. The van der Waals surface area contributed by atoms with Crippen LogP contribution in [-0.2, 0) is 20.7 Å². The van der Waals surface area contributed by atoms with Gasteiger partial charge in [-0.25, -0.2) is 9.18 Å². The number of carbonyl (C=O) groups is 2. The van der Waals surface area contributed by atoms with Crippen LogP contribution in [-0.4, -0.2) is 59.3 Å². The Balaban J connectivity index is 0.00000199. The van der Waals surface area contributed by atoms with Crippen molar-refractivity contribution >= 4 is 22.9 Å². The molecule has 1 aromatic heterocycles. The van der Waals surface area contributed by atoms with Gasteiger partial charge < -0.3 is 24.7 Å². The Kier molecular flexibility index (Phi) is 9.50. The third-order valence-electron chi connectivity index (χ3n) is 6.10. The van der Waals surface area contributed by atoms with Crippen LogP contribution in [0.3, 0.4) is 0 Å². The molecule has 1 aliphatic heterocycles. The summed E-state index contributed by atoms with van der Waals surface area (Å²) in [7, 11) is 1.51. The number of fused-ring (bicyclic) bond motifs is 1. The van der Waals surface area contributed by atoms with Crippen LogP contribution in [0.15, 0.2) is 24.4 Å². The van der Waals surface area contributed by atoms with Crippen molar-refractivity contribution in [1.82, 2.24) is 15.2 Å². The molecule has 2 aromatic rings. The SMILES string of the molecule is CC.COC(C)C(NC(=O)OC(C)(C)C)C(=O)N1CC[C@H](C)C1Cc1c[nH]c2cc(F)ccc12. The lowest BCUT2D eigenvalue weighted by Gasteiger charge is -2.33. The van der Waals surface area contributed by atoms with Crippen molar-refractivity contribution in [3.05, 3.63) is 35.8 Å². The number of aromatic amines is 1. The van der Waals surface area contributed by atoms with Gasteiger partial charge in [0.1, 0.15) is 17.5 Å². The maximum atomic E-state index is 13.6. The highest BCUT2D eigenvalue weighted by Gasteiger charge is 2.40. The Bertz CT molecular complexity index is 969. The van der Waals surface area contributed by atoms with Gasteiger partial charge in [-0.1, -0.05) is 20.8 Å². The number of methoxy groups -OCH3 is 1. The van der Waals surface area contributed by atoms with Crippen molar-refractivity contribution in [3.63, 3.8) is 0 Å². The van der Waals surface area contributed by atoms with Crippen molar-refractivity contribution < 1.29 is 23.5 Å². The summed E-state index contributed by atoms with van der Waals surface area (Å²) < 4.78 is 24.3. The fourth-order valence-corrected chi connectivity index (χ4v) is 4.27. The predicted molar refractivity (Wildman–Crippen MR) is 132 cm³/mol. The van der Waals surface area contributed by atoms with Crippen LogP contribution in [0.4, 0.5) is 9.18 Å². The molecule has 0 spiro atoms. The molecule has 8 heteroatoms. The molecule has 2 amide bonds. The zero-order chi connectivity index (χ0) is 25.6. The summed E-state index contributed by atoms with van der Waals surface area (Å²) in [6.45, 7) is 13.8. The predicted octanol–water partition coefficient (Wildman–Crippen LogP) is 5.04. The molecule has 0 radical (unpaired) electrons. The number of alkyl carbamates (subject to hydrolysis) is 1. The fraction of sp³-hybridized carbons (Fsp3) is 0.615. The topological polar surface area (TPSA) is 83.7 Å². The lowest BCUT2D eigenvalue weighted by atomic mass is 9.95. The number of nitrogens with zero attached hydrogens (tertiary/aromatic N) is 1. The molecule has 0 saturated carbocycles. The number of amides is 2.